The van der Waals surface area contributed by atoms with Gasteiger partial charge in [0.05, 0.1) is 28.1 Å². The first-order valence-electron chi connectivity index (χ1n) is 8.64. The van der Waals surface area contributed by atoms with E-state index < -0.39 is 16.2 Å². The zero-order valence-corrected chi connectivity index (χ0v) is 15.3. The summed E-state index contributed by atoms with van der Waals surface area (Å²) in [6.45, 7) is 3.73. The lowest BCUT2D eigenvalue weighted by atomic mass is 10.2. The Kier molecular flexibility index (Phi) is 5.35. The Morgan fingerprint density at radius 2 is 2.04 bits per heavy atom. The van der Waals surface area contributed by atoms with E-state index in [-0.39, 0.29) is 17.5 Å². The number of para-hydroxylation sites is 1. The fourth-order valence-corrected chi connectivity index (χ4v) is 2.54. The molecule has 1 atom stereocenters. The summed E-state index contributed by atoms with van der Waals surface area (Å²) in [5, 5.41) is 15.6. The maximum absolute atomic E-state index is 12.5. The molecule has 0 aliphatic carbocycles. The molecule has 0 amide bonds. The number of ether oxygens (including phenoxy) is 1. The zero-order chi connectivity index (χ0) is 20.3. The van der Waals surface area contributed by atoms with E-state index in [9.17, 15) is 19.7 Å². The van der Waals surface area contributed by atoms with E-state index in [0.717, 1.165) is 0 Å². The first kappa shape index (κ1) is 19.0. The second kappa shape index (κ2) is 7.87. The SMILES string of the molecule is CC[C@H](C)Oc1ccc(C=Nn2c(=O)[nH]c3ccccc3c2=O)cc1[N+](=O)[O-]. The fourth-order valence-electron chi connectivity index (χ4n) is 2.54. The maximum Gasteiger partial charge on any atom is 0.349 e. The zero-order valence-electron chi connectivity index (χ0n) is 15.3. The van der Waals surface area contributed by atoms with Gasteiger partial charge >= 0.3 is 11.4 Å². The van der Waals surface area contributed by atoms with Crippen LogP contribution in [0.1, 0.15) is 25.8 Å². The number of aromatic amines is 1. The Labute approximate surface area is 159 Å². The van der Waals surface area contributed by atoms with E-state index in [1.165, 1.54) is 18.3 Å². The average Bonchev–Trinajstić information content (AvgIpc) is 2.68. The van der Waals surface area contributed by atoms with Crippen LogP contribution in [0.5, 0.6) is 5.75 Å². The molecule has 28 heavy (non-hydrogen) atoms. The van der Waals surface area contributed by atoms with Gasteiger partial charge < -0.3 is 9.72 Å². The summed E-state index contributed by atoms with van der Waals surface area (Å²) in [6, 6.07) is 10.9. The van der Waals surface area contributed by atoms with Gasteiger partial charge in [-0.05, 0) is 37.6 Å². The maximum atomic E-state index is 12.5. The van der Waals surface area contributed by atoms with Crippen LogP contribution in [0.15, 0.2) is 57.2 Å². The van der Waals surface area contributed by atoms with Gasteiger partial charge in [0.1, 0.15) is 0 Å². The number of aromatic nitrogens is 2. The third-order valence-corrected chi connectivity index (χ3v) is 4.19. The molecule has 1 heterocycles. The molecule has 2 aromatic carbocycles. The fraction of sp³-hybridized carbons (Fsp3) is 0.211. The molecule has 144 valence electrons. The molecule has 1 N–H and O–H groups in total. The van der Waals surface area contributed by atoms with Crippen molar-refractivity contribution in [3.05, 3.63) is 79.0 Å². The van der Waals surface area contributed by atoms with Gasteiger partial charge in [-0.3, -0.25) is 14.9 Å². The number of hydrogen-bond donors (Lipinski definition) is 1. The molecule has 0 bridgehead atoms. The van der Waals surface area contributed by atoms with Gasteiger partial charge in [0.25, 0.3) is 5.56 Å². The topological polar surface area (TPSA) is 120 Å². The summed E-state index contributed by atoms with van der Waals surface area (Å²) < 4.78 is 6.24. The first-order valence-corrected chi connectivity index (χ1v) is 8.64. The van der Waals surface area contributed by atoms with E-state index in [1.807, 2.05) is 13.8 Å². The highest BCUT2D eigenvalue weighted by Crippen LogP contribution is 2.28. The highest BCUT2D eigenvalue weighted by atomic mass is 16.6. The Bertz CT molecular complexity index is 1180. The Morgan fingerprint density at radius 1 is 1.29 bits per heavy atom. The molecule has 0 unspecified atom stereocenters. The standard InChI is InChI=1S/C19H18N4O5/c1-3-12(2)28-17-9-8-13(10-16(17)23(26)27)11-20-22-18(24)14-6-4-5-7-15(14)21-19(22)25/h4-12H,3H2,1-2H3,(H,21,25)/t12-/m0/s1. The van der Waals surface area contributed by atoms with E-state index in [0.29, 0.717) is 27.6 Å². The largest absolute Gasteiger partial charge is 0.484 e. The van der Waals surface area contributed by atoms with Crippen molar-refractivity contribution in [1.29, 1.82) is 0 Å². The van der Waals surface area contributed by atoms with Crippen LogP contribution in [-0.4, -0.2) is 26.9 Å². The lowest BCUT2D eigenvalue weighted by Gasteiger charge is -2.12. The first-order chi connectivity index (χ1) is 13.4. The van der Waals surface area contributed by atoms with Crippen LogP contribution in [-0.2, 0) is 0 Å². The molecule has 0 fully saturated rings. The minimum atomic E-state index is -0.703. The van der Waals surface area contributed by atoms with Crippen LogP contribution in [0, 0.1) is 10.1 Å². The normalized spacial score (nSPS) is 12.4. The molecule has 3 aromatic rings. The van der Waals surface area contributed by atoms with E-state index in [2.05, 4.69) is 10.1 Å². The highest BCUT2D eigenvalue weighted by molar-refractivity contribution is 5.82. The predicted octanol–water partition coefficient (Wildman–Crippen LogP) is 2.66. The molecule has 9 nitrogen and oxygen atoms in total. The number of nitro benzene ring substituents is 1. The van der Waals surface area contributed by atoms with E-state index in [4.69, 9.17) is 4.74 Å². The van der Waals surface area contributed by atoms with Gasteiger partial charge in [0.15, 0.2) is 5.75 Å². The minimum Gasteiger partial charge on any atom is -0.484 e. The third kappa shape index (κ3) is 3.83. The van der Waals surface area contributed by atoms with Gasteiger partial charge in [0, 0.05) is 11.6 Å². The Balaban J connectivity index is 2.00. The van der Waals surface area contributed by atoms with E-state index in [1.54, 1.807) is 30.3 Å². The highest BCUT2D eigenvalue weighted by Gasteiger charge is 2.17. The molecule has 1 aromatic heterocycles. The number of H-pyrrole nitrogens is 1. The number of nitrogens with one attached hydrogen (secondary N) is 1. The molecule has 0 aliphatic heterocycles. The second-order valence-corrected chi connectivity index (χ2v) is 6.16. The molecular formula is C19H18N4O5. The van der Waals surface area contributed by atoms with Crippen molar-refractivity contribution in [2.45, 2.75) is 26.4 Å². The quantitative estimate of drug-likeness (QED) is 0.399. The number of rotatable bonds is 6. The van der Waals surface area contributed by atoms with Crippen LogP contribution in [0.25, 0.3) is 10.9 Å². The molecule has 0 saturated heterocycles. The Hall–Kier alpha value is -3.75. The summed E-state index contributed by atoms with van der Waals surface area (Å²) >= 11 is 0. The van der Waals surface area contributed by atoms with Crippen LogP contribution in [0.4, 0.5) is 5.69 Å². The smallest absolute Gasteiger partial charge is 0.349 e. The summed E-state index contributed by atoms with van der Waals surface area (Å²) in [7, 11) is 0. The van der Waals surface area contributed by atoms with Crippen molar-refractivity contribution in [1.82, 2.24) is 9.66 Å². The van der Waals surface area contributed by atoms with Gasteiger partial charge in [-0.15, -0.1) is 4.68 Å². The third-order valence-electron chi connectivity index (χ3n) is 4.19. The van der Waals surface area contributed by atoms with E-state index >= 15 is 0 Å². The van der Waals surface area contributed by atoms with Crippen molar-refractivity contribution in [2.75, 3.05) is 0 Å². The van der Waals surface area contributed by atoms with Gasteiger partial charge in [-0.2, -0.15) is 5.10 Å². The number of fused-ring (bicyclic) bond motifs is 1. The lowest BCUT2D eigenvalue weighted by Crippen LogP contribution is -2.32. The predicted molar refractivity (Wildman–Crippen MR) is 105 cm³/mol. The van der Waals surface area contributed by atoms with Gasteiger partial charge in [0.2, 0.25) is 0 Å². The summed E-state index contributed by atoms with van der Waals surface area (Å²) in [6.07, 6.45) is 1.74. The van der Waals surface area contributed by atoms with Crippen molar-refractivity contribution in [3.63, 3.8) is 0 Å². The molecule has 0 spiro atoms. The Morgan fingerprint density at radius 3 is 2.75 bits per heavy atom. The number of nitrogens with zero attached hydrogens (tertiary/aromatic N) is 3. The number of benzene rings is 2. The average molecular weight is 382 g/mol. The minimum absolute atomic E-state index is 0.150. The lowest BCUT2D eigenvalue weighted by molar-refractivity contribution is -0.386. The second-order valence-electron chi connectivity index (χ2n) is 6.16. The van der Waals surface area contributed by atoms with Crippen molar-refractivity contribution < 1.29 is 9.66 Å². The van der Waals surface area contributed by atoms with Gasteiger partial charge in [-0.1, -0.05) is 19.1 Å². The monoisotopic (exact) mass is 382 g/mol. The van der Waals surface area contributed by atoms with Crippen molar-refractivity contribution >= 4 is 22.8 Å². The van der Waals surface area contributed by atoms with Gasteiger partial charge in [-0.25, -0.2) is 4.79 Å². The van der Waals surface area contributed by atoms with Crippen LogP contribution in [0.2, 0.25) is 0 Å². The van der Waals surface area contributed by atoms with Crippen LogP contribution < -0.4 is 16.0 Å². The van der Waals surface area contributed by atoms with Crippen molar-refractivity contribution in [3.8, 4) is 5.75 Å². The summed E-state index contributed by atoms with van der Waals surface area (Å²) in [5.41, 5.74) is -0.745. The summed E-state index contributed by atoms with van der Waals surface area (Å²) in [5.74, 6) is 0.150. The molecule has 0 radical (unpaired) electrons. The molecule has 0 aliphatic rings. The van der Waals surface area contributed by atoms with Crippen LogP contribution in [0.3, 0.4) is 0 Å². The van der Waals surface area contributed by atoms with Crippen LogP contribution >= 0.6 is 0 Å². The van der Waals surface area contributed by atoms with Crippen molar-refractivity contribution in [2.24, 2.45) is 5.10 Å². The summed E-state index contributed by atoms with van der Waals surface area (Å²) in [4.78, 5) is 37.9. The molecular weight excluding hydrogens is 364 g/mol. The molecule has 0 saturated carbocycles. The number of nitro groups is 1. The molecule has 3 rings (SSSR count). The molecule has 9 heteroatoms. The number of hydrogen-bond acceptors (Lipinski definition) is 6.